The number of hydrogen-bond acceptors (Lipinski definition) is 4. The fourth-order valence-electron chi connectivity index (χ4n) is 3.63. The summed E-state index contributed by atoms with van der Waals surface area (Å²) in [6.07, 6.45) is -28.6. The SMILES string of the molecule is Nc1ccc(Oc2ccc(C(F)(F)F)cc2Oc2ccc(N)c(C(F)(F)F)c2C(F)(F)F)c(C(F)(F)F)c1C(F)(F)F. The second kappa shape index (κ2) is 10.3. The summed E-state index contributed by atoms with van der Waals surface area (Å²) in [6, 6.07) is 1.04. The molecule has 0 fully saturated rings. The van der Waals surface area contributed by atoms with Crippen LogP contribution in [0.15, 0.2) is 42.5 Å². The Bertz CT molecular complexity index is 1480. The van der Waals surface area contributed by atoms with Gasteiger partial charge in [0.05, 0.1) is 16.7 Å². The fraction of sp³-hybridized carbons (Fsp3) is 0.217. The van der Waals surface area contributed by atoms with Crippen LogP contribution in [0.25, 0.3) is 0 Å². The number of rotatable bonds is 4. The van der Waals surface area contributed by atoms with E-state index in [0.717, 1.165) is 0 Å². The summed E-state index contributed by atoms with van der Waals surface area (Å²) in [5, 5.41) is 0. The van der Waals surface area contributed by atoms with Crippen LogP contribution in [0.5, 0.6) is 23.0 Å². The first kappa shape index (κ1) is 32.3. The standard InChI is InChI=1S/C23H11F15N2O2/c24-19(25,26)8-1-4-11(41-12-5-2-9(39)15(20(27,28)29)17(12)22(33,34)35)14(7-8)42-13-6-3-10(40)16(21(30,31)32)18(13)23(36,37)38/h1-7H,39-40H2. The van der Waals surface area contributed by atoms with Crippen LogP contribution in [0.4, 0.5) is 77.2 Å². The van der Waals surface area contributed by atoms with Crippen LogP contribution in [0.3, 0.4) is 0 Å². The van der Waals surface area contributed by atoms with E-state index in [9.17, 15) is 65.9 Å². The monoisotopic (exact) mass is 632 g/mol. The highest BCUT2D eigenvalue weighted by Crippen LogP contribution is 2.52. The Morgan fingerprint density at radius 3 is 1.05 bits per heavy atom. The predicted molar refractivity (Wildman–Crippen MR) is 113 cm³/mol. The van der Waals surface area contributed by atoms with Gasteiger partial charge in [0.25, 0.3) is 0 Å². The molecular formula is C23H11F15N2O2. The molecule has 0 saturated carbocycles. The molecule has 42 heavy (non-hydrogen) atoms. The topological polar surface area (TPSA) is 70.5 Å². The highest BCUT2D eigenvalue weighted by atomic mass is 19.4. The van der Waals surface area contributed by atoms with Gasteiger partial charge >= 0.3 is 30.9 Å². The summed E-state index contributed by atoms with van der Waals surface area (Å²) in [7, 11) is 0. The molecule has 3 aromatic rings. The zero-order valence-corrected chi connectivity index (χ0v) is 19.7. The van der Waals surface area contributed by atoms with Gasteiger partial charge in [0.1, 0.15) is 22.6 Å². The van der Waals surface area contributed by atoms with Gasteiger partial charge in [-0.1, -0.05) is 0 Å². The molecular weight excluding hydrogens is 621 g/mol. The van der Waals surface area contributed by atoms with E-state index < -0.39 is 93.1 Å². The second-order valence-corrected chi connectivity index (χ2v) is 8.16. The molecule has 0 atom stereocenters. The van der Waals surface area contributed by atoms with Gasteiger partial charge in [-0.3, -0.25) is 0 Å². The minimum atomic E-state index is -5.92. The molecule has 0 saturated heterocycles. The fourth-order valence-corrected chi connectivity index (χ4v) is 3.63. The van der Waals surface area contributed by atoms with E-state index in [4.69, 9.17) is 16.2 Å². The van der Waals surface area contributed by atoms with E-state index in [2.05, 4.69) is 4.74 Å². The van der Waals surface area contributed by atoms with E-state index in [-0.39, 0.29) is 42.5 Å². The molecule has 4 nitrogen and oxygen atoms in total. The maximum Gasteiger partial charge on any atom is 0.420 e. The van der Waals surface area contributed by atoms with Gasteiger partial charge in [-0.2, -0.15) is 65.9 Å². The van der Waals surface area contributed by atoms with Crippen molar-refractivity contribution in [1.29, 1.82) is 0 Å². The molecule has 0 aliphatic carbocycles. The van der Waals surface area contributed by atoms with Gasteiger partial charge in [0.2, 0.25) is 0 Å². The largest absolute Gasteiger partial charge is 0.453 e. The first-order valence-corrected chi connectivity index (χ1v) is 10.5. The molecule has 0 heterocycles. The number of hydrogen-bond donors (Lipinski definition) is 2. The summed E-state index contributed by atoms with van der Waals surface area (Å²) in [6.45, 7) is 0. The van der Waals surface area contributed by atoms with Crippen molar-refractivity contribution in [1.82, 2.24) is 0 Å². The lowest BCUT2D eigenvalue weighted by molar-refractivity contribution is -0.162. The normalized spacial score (nSPS) is 13.3. The van der Waals surface area contributed by atoms with Crippen molar-refractivity contribution in [3.05, 3.63) is 70.3 Å². The third-order valence-electron chi connectivity index (χ3n) is 5.24. The molecule has 3 rings (SSSR count). The van der Waals surface area contributed by atoms with Crippen LogP contribution >= 0.6 is 0 Å². The highest BCUT2D eigenvalue weighted by molar-refractivity contribution is 5.62. The number of anilines is 2. The molecule has 0 radical (unpaired) electrons. The smallest absolute Gasteiger partial charge is 0.420 e. The quantitative estimate of drug-likeness (QED) is 0.222. The van der Waals surface area contributed by atoms with Gasteiger partial charge in [-0.05, 0) is 42.5 Å². The molecule has 3 aromatic carbocycles. The third-order valence-corrected chi connectivity index (χ3v) is 5.24. The lowest BCUT2D eigenvalue weighted by Crippen LogP contribution is -2.20. The van der Waals surface area contributed by atoms with Crippen molar-refractivity contribution in [3.8, 4) is 23.0 Å². The first-order chi connectivity index (χ1) is 18.8. The Morgan fingerprint density at radius 2 is 0.714 bits per heavy atom. The number of benzene rings is 3. The van der Waals surface area contributed by atoms with Crippen molar-refractivity contribution in [2.45, 2.75) is 30.9 Å². The molecule has 0 aliphatic heterocycles. The van der Waals surface area contributed by atoms with E-state index in [1.807, 2.05) is 0 Å². The Labute approximate surface area is 223 Å². The summed E-state index contributed by atoms with van der Waals surface area (Å²) >= 11 is 0. The number of ether oxygens (including phenoxy) is 2. The predicted octanol–water partition coefficient (Wildman–Crippen LogP) is 9.53. The maximum atomic E-state index is 13.7. The molecule has 0 amide bonds. The summed E-state index contributed by atoms with van der Waals surface area (Å²) in [5.74, 6) is -6.48. The highest BCUT2D eigenvalue weighted by Gasteiger charge is 2.49. The number of nitrogens with two attached hydrogens (primary N) is 2. The van der Waals surface area contributed by atoms with Crippen LogP contribution in [0.2, 0.25) is 0 Å². The van der Waals surface area contributed by atoms with Crippen molar-refractivity contribution in [3.63, 3.8) is 0 Å². The number of alkyl halides is 15. The molecule has 0 bridgehead atoms. The first-order valence-electron chi connectivity index (χ1n) is 10.5. The van der Waals surface area contributed by atoms with Gasteiger partial charge in [0.15, 0.2) is 11.5 Å². The van der Waals surface area contributed by atoms with Gasteiger partial charge in [0, 0.05) is 11.4 Å². The van der Waals surface area contributed by atoms with Crippen LogP contribution in [-0.2, 0) is 30.9 Å². The van der Waals surface area contributed by atoms with Crippen LogP contribution in [-0.4, -0.2) is 0 Å². The third kappa shape index (κ3) is 6.64. The van der Waals surface area contributed by atoms with E-state index in [1.165, 1.54) is 0 Å². The molecule has 0 aromatic heterocycles. The summed E-state index contributed by atoms with van der Waals surface area (Å²) in [4.78, 5) is 0. The maximum absolute atomic E-state index is 13.7. The van der Waals surface area contributed by atoms with Crippen LogP contribution < -0.4 is 20.9 Å². The zero-order valence-electron chi connectivity index (χ0n) is 19.7. The molecule has 19 heteroatoms. The van der Waals surface area contributed by atoms with Crippen LogP contribution in [0, 0.1) is 0 Å². The molecule has 0 unspecified atom stereocenters. The van der Waals surface area contributed by atoms with Crippen molar-refractivity contribution in [2.24, 2.45) is 0 Å². The summed E-state index contributed by atoms with van der Waals surface area (Å²) in [5.41, 5.74) is -4.72. The van der Waals surface area contributed by atoms with Crippen molar-refractivity contribution < 1.29 is 75.3 Å². The minimum absolute atomic E-state index is 0.103. The minimum Gasteiger partial charge on any atom is -0.453 e. The molecule has 0 spiro atoms. The van der Waals surface area contributed by atoms with Crippen molar-refractivity contribution in [2.75, 3.05) is 11.5 Å². The average Bonchev–Trinajstić information content (AvgIpc) is 2.78. The van der Waals surface area contributed by atoms with Crippen molar-refractivity contribution >= 4 is 11.4 Å². The Morgan fingerprint density at radius 1 is 0.381 bits per heavy atom. The van der Waals surface area contributed by atoms with E-state index in [1.54, 1.807) is 0 Å². The Balaban J connectivity index is 2.32. The lowest BCUT2D eigenvalue weighted by Gasteiger charge is -2.23. The molecule has 4 N–H and O–H groups in total. The lowest BCUT2D eigenvalue weighted by atomic mass is 10.0. The Hall–Kier alpha value is -4.19. The number of halogens is 15. The Kier molecular flexibility index (Phi) is 7.90. The summed E-state index contributed by atoms with van der Waals surface area (Å²) < 4.78 is 212. The van der Waals surface area contributed by atoms with E-state index >= 15 is 0 Å². The van der Waals surface area contributed by atoms with Crippen LogP contribution in [0.1, 0.15) is 27.8 Å². The van der Waals surface area contributed by atoms with Gasteiger partial charge < -0.3 is 20.9 Å². The van der Waals surface area contributed by atoms with Gasteiger partial charge in [-0.15, -0.1) is 0 Å². The zero-order chi connectivity index (χ0) is 32.2. The number of nitrogen functional groups attached to an aromatic ring is 2. The average molecular weight is 632 g/mol. The molecule has 0 aliphatic rings. The molecule has 230 valence electrons. The van der Waals surface area contributed by atoms with E-state index in [0.29, 0.717) is 0 Å². The van der Waals surface area contributed by atoms with Gasteiger partial charge in [-0.25, -0.2) is 0 Å². The second-order valence-electron chi connectivity index (χ2n) is 8.16.